The van der Waals surface area contributed by atoms with E-state index in [1.54, 1.807) is 7.11 Å². The molecule has 1 atom stereocenters. The van der Waals surface area contributed by atoms with E-state index in [0.717, 1.165) is 39.4 Å². The Hall–Kier alpha value is -3.01. The molecule has 1 amide bonds. The Labute approximate surface area is 167 Å². The number of carbonyl (C=O) groups is 1. The monoisotopic (exact) mass is 376 g/mol. The quantitative estimate of drug-likeness (QED) is 0.661. The lowest BCUT2D eigenvalue weighted by Gasteiger charge is -2.17. The average Bonchev–Trinajstić information content (AvgIpc) is 2.92. The number of aromatic nitrogens is 1. The smallest absolute Gasteiger partial charge is 0.268 e. The summed E-state index contributed by atoms with van der Waals surface area (Å²) in [6, 6.07) is 17.9. The fourth-order valence-electron chi connectivity index (χ4n) is 3.56. The lowest BCUT2D eigenvalue weighted by molar-refractivity contribution is 0.0930. The van der Waals surface area contributed by atoms with E-state index in [1.165, 1.54) is 0 Å². The lowest BCUT2D eigenvalue weighted by atomic mass is 10.1. The third-order valence-electron chi connectivity index (χ3n) is 5.47. The van der Waals surface area contributed by atoms with E-state index in [9.17, 15) is 4.79 Å². The highest BCUT2D eigenvalue weighted by Gasteiger charge is 2.22. The van der Waals surface area contributed by atoms with Gasteiger partial charge in [0.2, 0.25) is 0 Å². The van der Waals surface area contributed by atoms with Gasteiger partial charge < -0.3 is 14.6 Å². The molecule has 0 aliphatic carbocycles. The second-order valence-electron chi connectivity index (χ2n) is 7.23. The van der Waals surface area contributed by atoms with Gasteiger partial charge in [0, 0.05) is 12.2 Å². The molecule has 2 aromatic carbocycles. The molecule has 1 heterocycles. The number of nitrogens with zero attached hydrogens (tertiary/aromatic N) is 1. The molecular formula is C24H28N2O2. The Morgan fingerprint density at radius 1 is 1.04 bits per heavy atom. The predicted octanol–water partition coefficient (Wildman–Crippen LogP) is 4.96. The first-order valence-electron chi connectivity index (χ1n) is 9.57. The molecule has 0 bridgehead atoms. The van der Waals surface area contributed by atoms with Gasteiger partial charge in [0.05, 0.1) is 13.2 Å². The van der Waals surface area contributed by atoms with Crippen molar-refractivity contribution in [1.82, 2.24) is 9.88 Å². The van der Waals surface area contributed by atoms with Crippen molar-refractivity contribution in [3.63, 3.8) is 0 Å². The first-order valence-corrected chi connectivity index (χ1v) is 9.57. The van der Waals surface area contributed by atoms with Crippen LogP contribution < -0.4 is 10.1 Å². The molecule has 0 fully saturated rings. The van der Waals surface area contributed by atoms with Crippen molar-refractivity contribution < 1.29 is 9.53 Å². The summed E-state index contributed by atoms with van der Waals surface area (Å²) >= 11 is 0. The summed E-state index contributed by atoms with van der Waals surface area (Å²) in [5.74, 6) is 0.771. The number of benzene rings is 2. The van der Waals surface area contributed by atoms with Crippen LogP contribution in [0.5, 0.6) is 5.75 Å². The van der Waals surface area contributed by atoms with Crippen LogP contribution in [0.2, 0.25) is 0 Å². The molecule has 0 spiro atoms. The Bertz CT molecular complexity index is 974. The minimum absolute atomic E-state index is 0.0482. The van der Waals surface area contributed by atoms with E-state index in [4.69, 9.17) is 4.74 Å². The van der Waals surface area contributed by atoms with Crippen LogP contribution in [-0.2, 0) is 6.54 Å². The van der Waals surface area contributed by atoms with E-state index >= 15 is 0 Å². The third kappa shape index (κ3) is 3.96. The Balaban J connectivity index is 1.92. The average molecular weight is 376 g/mol. The van der Waals surface area contributed by atoms with Crippen molar-refractivity contribution in [3.8, 4) is 5.75 Å². The number of ether oxygens (including phenoxy) is 1. The van der Waals surface area contributed by atoms with Crippen molar-refractivity contribution in [2.24, 2.45) is 0 Å². The first-order chi connectivity index (χ1) is 13.4. The van der Waals surface area contributed by atoms with Gasteiger partial charge in [-0.15, -0.1) is 0 Å². The zero-order valence-corrected chi connectivity index (χ0v) is 17.2. The maximum absolute atomic E-state index is 13.2. The number of nitrogens with one attached hydrogen (secondary N) is 1. The molecule has 4 heteroatoms. The van der Waals surface area contributed by atoms with Gasteiger partial charge in [-0.25, -0.2) is 0 Å². The van der Waals surface area contributed by atoms with Gasteiger partial charge in [0.1, 0.15) is 11.4 Å². The molecule has 0 aliphatic rings. The second-order valence-corrected chi connectivity index (χ2v) is 7.23. The first kappa shape index (κ1) is 19.7. The van der Waals surface area contributed by atoms with Gasteiger partial charge in [-0.05, 0) is 62.1 Å². The molecule has 28 heavy (non-hydrogen) atoms. The number of amides is 1. The largest absolute Gasteiger partial charge is 0.497 e. The van der Waals surface area contributed by atoms with E-state index in [-0.39, 0.29) is 11.9 Å². The SMILES string of the molecule is COc1cccc(Cn2c(C)c(C)c(C)c2C(=O)N[C@H](C)c2ccccc2)c1. The normalized spacial score (nSPS) is 11.9. The maximum atomic E-state index is 13.2. The van der Waals surface area contributed by atoms with Crippen LogP contribution in [0.15, 0.2) is 54.6 Å². The molecule has 3 aromatic rings. The molecule has 1 N–H and O–H groups in total. The highest BCUT2D eigenvalue weighted by atomic mass is 16.5. The summed E-state index contributed by atoms with van der Waals surface area (Å²) in [6.07, 6.45) is 0. The topological polar surface area (TPSA) is 43.3 Å². The summed E-state index contributed by atoms with van der Waals surface area (Å²) in [4.78, 5) is 13.2. The minimum Gasteiger partial charge on any atom is -0.497 e. The van der Waals surface area contributed by atoms with Gasteiger partial charge in [-0.1, -0.05) is 42.5 Å². The number of rotatable bonds is 6. The van der Waals surface area contributed by atoms with Gasteiger partial charge in [0.25, 0.3) is 5.91 Å². The van der Waals surface area contributed by atoms with Crippen molar-refractivity contribution >= 4 is 5.91 Å². The number of hydrogen-bond acceptors (Lipinski definition) is 2. The summed E-state index contributed by atoms with van der Waals surface area (Å²) in [5, 5.41) is 3.16. The molecule has 0 saturated heterocycles. The van der Waals surface area contributed by atoms with Crippen molar-refractivity contribution in [2.75, 3.05) is 7.11 Å². The number of hydrogen-bond donors (Lipinski definition) is 1. The van der Waals surface area contributed by atoms with Crippen LogP contribution in [0, 0.1) is 20.8 Å². The second kappa shape index (κ2) is 8.34. The highest BCUT2D eigenvalue weighted by molar-refractivity contribution is 5.95. The summed E-state index contributed by atoms with van der Waals surface area (Å²) in [5.41, 5.74) is 6.20. The Morgan fingerprint density at radius 2 is 1.75 bits per heavy atom. The molecular weight excluding hydrogens is 348 g/mol. The molecule has 0 aliphatic heterocycles. The van der Waals surface area contributed by atoms with Crippen LogP contribution >= 0.6 is 0 Å². The molecule has 4 nitrogen and oxygen atoms in total. The molecule has 0 unspecified atom stereocenters. The van der Waals surface area contributed by atoms with Crippen LogP contribution in [0.3, 0.4) is 0 Å². The van der Waals surface area contributed by atoms with E-state index in [1.807, 2.05) is 62.4 Å². The minimum atomic E-state index is -0.0612. The number of carbonyl (C=O) groups excluding carboxylic acids is 1. The van der Waals surface area contributed by atoms with E-state index in [0.29, 0.717) is 6.54 Å². The van der Waals surface area contributed by atoms with Crippen LogP contribution in [0.4, 0.5) is 0 Å². The van der Waals surface area contributed by atoms with Gasteiger partial charge >= 0.3 is 0 Å². The summed E-state index contributed by atoms with van der Waals surface area (Å²) in [7, 11) is 1.66. The van der Waals surface area contributed by atoms with Crippen LogP contribution in [0.25, 0.3) is 0 Å². The Morgan fingerprint density at radius 3 is 2.43 bits per heavy atom. The maximum Gasteiger partial charge on any atom is 0.268 e. The zero-order chi connectivity index (χ0) is 20.3. The molecule has 1 aromatic heterocycles. The fourth-order valence-corrected chi connectivity index (χ4v) is 3.56. The summed E-state index contributed by atoms with van der Waals surface area (Å²) in [6.45, 7) is 8.80. The van der Waals surface area contributed by atoms with Gasteiger partial charge in [0.15, 0.2) is 0 Å². The molecule has 146 valence electrons. The predicted molar refractivity (Wildman–Crippen MR) is 113 cm³/mol. The summed E-state index contributed by atoms with van der Waals surface area (Å²) < 4.78 is 7.45. The fraction of sp³-hybridized carbons (Fsp3) is 0.292. The van der Waals surface area contributed by atoms with Crippen molar-refractivity contribution in [1.29, 1.82) is 0 Å². The Kier molecular flexibility index (Phi) is 5.88. The van der Waals surface area contributed by atoms with Crippen molar-refractivity contribution in [3.05, 3.63) is 88.2 Å². The molecule has 0 radical (unpaired) electrons. The zero-order valence-electron chi connectivity index (χ0n) is 17.2. The van der Waals surface area contributed by atoms with Crippen LogP contribution in [0.1, 0.15) is 51.4 Å². The number of methoxy groups -OCH3 is 1. The standard InChI is InChI=1S/C24H28N2O2/c1-16-17(2)23(24(27)25-18(3)21-11-7-6-8-12-21)26(19(16)4)15-20-10-9-13-22(14-20)28-5/h6-14,18H,15H2,1-5H3,(H,25,27)/t18-/m1/s1. The molecule has 3 rings (SSSR count). The lowest BCUT2D eigenvalue weighted by Crippen LogP contribution is -2.29. The molecule has 0 saturated carbocycles. The van der Waals surface area contributed by atoms with Gasteiger partial charge in [-0.3, -0.25) is 4.79 Å². The van der Waals surface area contributed by atoms with Gasteiger partial charge in [-0.2, -0.15) is 0 Å². The van der Waals surface area contributed by atoms with E-state index in [2.05, 4.69) is 29.8 Å². The third-order valence-corrected chi connectivity index (χ3v) is 5.47. The van der Waals surface area contributed by atoms with Crippen LogP contribution in [-0.4, -0.2) is 17.6 Å². The van der Waals surface area contributed by atoms with E-state index < -0.39 is 0 Å². The highest BCUT2D eigenvalue weighted by Crippen LogP contribution is 2.24. The van der Waals surface area contributed by atoms with Crippen molar-refractivity contribution in [2.45, 2.75) is 40.3 Å².